The van der Waals surface area contributed by atoms with Crippen molar-refractivity contribution in [2.75, 3.05) is 11.9 Å². The number of anilines is 1. The summed E-state index contributed by atoms with van der Waals surface area (Å²) in [5, 5.41) is 4.24. The molecule has 1 N–H and O–H groups in total. The number of hydrogen-bond acceptors (Lipinski definition) is 4. The van der Waals surface area contributed by atoms with Gasteiger partial charge in [0.05, 0.1) is 12.2 Å². The molecular weight excluding hydrogens is 430 g/mol. The molecule has 4 rings (SSSR count). The third-order valence-electron chi connectivity index (χ3n) is 5.63. The van der Waals surface area contributed by atoms with Gasteiger partial charge in [-0.25, -0.2) is 4.79 Å². The highest BCUT2D eigenvalue weighted by Crippen LogP contribution is 2.48. The highest BCUT2D eigenvalue weighted by atomic mass is 35.5. The van der Waals surface area contributed by atoms with E-state index in [1.165, 1.54) is 11.3 Å². The minimum absolute atomic E-state index is 0.0636. The number of esters is 1. The van der Waals surface area contributed by atoms with Gasteiger partial charge < -0.3 is 10.1 Å². The van der Waals surface area contributed by atoms with Crippen LogP contribution in [0, 0.1) is 5.92 Å². The molecule has 1 aliphatic rings. The predicted molar refractivity (Wildman–Crippen MR) is 125 cm³/mol. The van der Waals surface area contributed by atoms with Crippen molar-refractivity contribution in [1.29, 1.82) is 0 Å². The number of benzene rings is 2. The molecule has 1 amide bonds. The molecule has 0 aliphatic heterocycles. The summed E-state index contributed by atoms with van der Waals surface area (Å²) in [5.74, 6) is -0.288. The van der Waals surface area contributed by atoms with E-state index >= 15 is 0 Å². The number of halogens is 1. The van der Waals surface area contributed by atoms with E-state index in [0.29, 0.717) is 15.6 Å². The van der Waals surface area contributed by atoms with Crippen molar-refractivity contribution in [3.05, 3.63) is 87.3 Å². The summed E-state index contributed by atoms with van der Waals surface area (Å²) in [6.45, 7) is 4.16. The van der Waals surface area contributed by atoms with E-state index in [1.807, 2.05) is 48.5 Å². The number of carbonyl (C=O) groups is 2. The van der Waals surface area contributed by atoms with Crippen molar-refractivity contribution in [3.8, 4) is 0 Å². The highest BCUT2D eigenvalue weighted by molar-refractivity contribution is 7.16. The first kappa shape index (κ1) is 21.6. The zero-order chi connectivity index (χ0) is 22.0. The minimum atomic E-state index is -0.411. The van der Waals surface area contributed by atoms with E-state index in [1.54, 1.807) is 6.92 Å². The van der Waals surface area contributed by atoms with Crippen LogP contribution in [0.3, 0.4) is 0 Å². The Hall–Kier alpha value is -2.63. The maximum atomic E-state index is 12.9. The summed E-state index contributed by atoms with van der Waals surface area (Å²) in [7, 11) is 0. The van der Waals surface area contributed by atoms with Crippen molar-refractivity contribution in [3.63, 3.8) is 0 Å². The molecule has 1 aliphatic carbocycles. The second-order valence-electron chi connectivity index (χ2n) is 7.73. The van der Waals surface area contributed by atoms with E-state index in [0.717, 1.165) is 22.4 Å². The molecule has 0 saturated heterocycles. The van der Waals surface area contributed by atoms with Gasteiger partial charge in [0.1, 0.15) is 5.00 Å². The Kier molecular flexibility index (Phi) is 6.44. The number of hydrogen-bond donors (Lipinski definition) is 1. The van der Waals surface area contributed by atoms with Crippen LogP contribution in [0.15, 0.2) is 60.7 Å². The minimum Gasteiger partial charge on any atom is -0.462 e. The topological polar surface area (TPSA) is 55.4 Å². The first-order valence-electron chi connectivity index (χ1n) is 10.4. The summed E-state index contributed by atoms with van der Waals surface area (Å²) in [6.07, 6.45) is 0.793. The summed E-state index contributed by atoms with van der Waals surface area (Å²) in [4.78, 5) is 26.5. The monoisotopic (exact) mass is 453 g/mol. The van der Waals surface area contributed by atoms with Crippen molar-refractivity contribution in [2.24, 2.45) is 5.92 Å². The van der Waals surface area contributed by atoms with E-state index in [-0.39, 0.29) is 30.3 Å². The van der Waals surface area contributed by atoms with Gasteiger partial charge in [0.2, 0.25) is 5.91 Å². The molecule has 6 heteroatoms. The largest absolute Gasteiger partial charge is 0.462 e. The molecule has 3 aromatic rings. The lowest BCUT2D eigenvalue weighted by Crippen LogP contribution is -2.16. The second kappa shape index (κ2) is 9.25. The van der Waals surface area contributed by atoms with E-state index in [4.69, 9.17) is 16.3 Å². The van der Waals surface area contributed by atoms with Crippen molar-refractivity contribution < 1.29 is 14.3 Å². The Morgan fingerprint density at radius 3 is 2.55 bits per heavy atom. The quantitative estimate of drug-likeness (QED) is 0.417. The first-order chi connectivity index (χ1) is 15.0. The van der Waals surface area contributed by atoms with Gasteiger partial charge >= 0.3 is 5.97 Å². The van der Waals surface area contributed by atoms with Gasteiger partial charge in [-0.05, 0) is 48.6 Å². The summed E-state index contributed by atoms with van der Waals surface area (Å²) >= 11 is 7.41. The molecule has 0 bridgehead atoms. The maximum absolute atomic E-state index is 12.9. The Bertz CT molecular complexity index is 1080. The summed E-state index contributed by atoms with van der Waals surface area (Å²) < 4.78 is 5.23. The molecular formula is C25H24ClNO3S. The van der Waals surface area contributed by atoms with Crippen LogP contribution >= 0.6 is 22.9 Å². The molecule has 3 atom stereocenters. The second-order valence-corrected chi connectivity index (χ2v) is 9.25. The smallest absolute Gasteiger partial charge is 0.341 e. The van der Waals surface area contributed by atoms with Crippen LogP contribution in [-0.4, -0.2) is 18.5 Å². The highest BCUT2D eigenvalue weighted by Gasteiger charge is 2.44. The Labute approximate surface area is 191 Å². The molecule has 31 heavy (non-hydrogen) atoms. The van der Waals surface area contributed by atoms with E-state index in [9.17, 15) is 9.59 Å². The lowest BCUT2D eigenvalue weighted by atomic mass is 9.99. The standard InChI is InChI=1S/C25H24ClNO3S/c1-3-30-25(29)21-14-22(15(2)16-7-5-4-6-8-16)31-24(21)27-23(28)20-13-19(20)17-9-11-18(26)12-10-17/h4-12,14-15,19-20H,3,13H2,1-2H3,(H,27,28)/t15-,19+,20+/m1/s1. The average molecular weight is 454 g/mol. The fraction of sp³-hybridized carbons (Fsp3) is 0.280. The fourth-order valence-electron chi connectivity index (χ4n) is 3.75. The third kappa shape index (κ3) is 4.83. The molecule has 160 valence electrons. The lowest BCUT2D eigenvalue weighted by molar-refractivity contribution is -0.117. The fourth-order valence-corrected chi connectivity index (χ4v) is 5.01. The zero-order valence-corrected chi connectivity index (χ0v) is 19.0. The van der Waals surface area contributed by atoms with Gasteiger partial charge in [-0.1, -0.05) is 61.0 Å². The van der Waals surface area contributed by atoms with Crippen LogP contribution in [0.25, 0.3) is 0 Å². The molecule has 1 heterocycles. The Morgan fingerprint density at radius 1 is 1.16 bits per heavy atom. The predicted octanol–water partition coefficient (Wildman–Crippen LogP) is 6.47. The number of nitrogens with one attached hydrogen (secondary N) is 1. The van der Waals surface area contributed by atoms with Gasteiger partial charge in [-0.2, -0.15) is 0 Å². The zero-order valence-electron chi connectivity index (χ0n) is 17.4. The van der Waals surface area contributed by atoms with E-state index in [2.05, 4.69) is 24.4 Å². The van der Waals surface area contributed by atoms with Crippen molar-refractivity contribution in [1.82, 2.24) is 0 Å². The van der Waals surface area contributed by atoms with Crippen LogP contribution in [-0.2, 0) is 9.53 Å². The number of thiophene rings is 1. The van der Waals surface area contributed by atoms with Crippen LogP contribution in [0.5, 0.6) is 0 Å². The first-order valence-corrected chi connectivity index (χ1v) is 11.6. The Morgan fingerprint density at radius 2 is 1.87 bits per heavy atom. The number of rotatable bonds is 7. The maximum Gasteiger partial charge on any atom is 0.341 e. The molecule has 1 aromatic heterocycles. The van der Waals surface area contributed by atoms with Crippen molar-refractivity contribution >= 4 is 39.8 Å². The van der Waals surface area contributed by atoms with Crippen molar-refractivity contribution in [2.45, 2.75) is 32.1 Å². The molecule has 0 radical (unpaired) electrons. The number of carbonyl (C=O) groups excluding carboxylic acids is 2. The van der Waals surface area contributed by atoms with Crippen LogP contribution in [0.2, 0.25) is 5.02 Å². The molecule has 4 nitrogen and oxygen atoms in total. The molecule has 0 spiro atoms. The summed E-state index contributed by atoms with van der Waals surface area (Å²) in [5.41, 5.74) is 2.68. The molecule has 2 aromatic carbocycles. The van der Waals surface area contributed by atoms with Gasteiger partial charge in [-0.3, -0.25) is 4.79 Å². The van der Waals surface area contributed by atoms with Gasteiger partial charge in [-0.15, -0.1) is 11.3 Å². The summed E-state index contributed by atoms with van der Waals surface area (Å²) in [6, 6.07) is 19.6. The van der Waals surface area contributed by atoms with E-state index < -0.39 is 5.97 Å². The van der Waals surface area contributed by atoms with Crippen LogP contribution in [0.1, 0.15) is 58.5 Å². The Balaban J connectivity index is 1.54. The van der Waals surface area contributed by atoms with Gasteiger partial charge in [0.25, 0.3) is 0 Å². The van der Waals surface area contributed by atoms with Crippen LogP contribution < -0.4 is 5.32 Å². The van der Waals surface area contributed by atoms with Gasteiger partial charge in [0.15, 0.2) is 0 Å². The SMILES string of the molecule is CCOC(=O)c1cc([C@H](C)c2ccccc2)sc1NC(=O)[C@H]1C[C@H]1c1ccc(Cl)cc1. The van der Waals surface area contributed by atoms with Gasteiger partial charge in [0, 0.05) is 21.7 Å². The lowest BCUT2D eigenvalue weighted by Gasteiger charge is -2.09. The average Bonchev–Trinajstić information content (AvgIpc) is 3.47. The number of amides is 1. The number of ether oxygens (including phenoxy) is 1. The molecule has 1 fully saturated rings. The third-order valence-corrected chi connectivity index (χ3v) is 7.12. The van der Waals surface area contributed by atoms with Crippen LogP contribution in [0.4, 0.5) is 5.00 Å². The molecule has 0 unspecified atom stereocenters. The normalized spacial score (nSPS) is 18.3. The molecule has 1 saturated carbocycles.